The molecule has 0 radical (unpaired) electrons. The lowest BCUT2D eigenvalue weighted by atomic mass is 10.00. The molecule has 1 fully saturated rings. The second-order valence-corrected chi connectivity index (χ2v) is 5.11. The fraction of sp³-hybridized carbons (Fsp3) is 0.400. The van der Waals surface area contributed by atoms with Gasteiger partial charge in [-0.05, 0) is 17.7 Å². The Morgan fingerprint density at radius 2 is 1.70 bits per heavy atom. The first-order valence-corrected chi connectivity index (χ1v) is 6.49. The summed E-state index contributed by atoms with van der Waals surface area (Å²) in [5.41, 5.74) is 1.08. The van der Waals surface area contributed by atoms with Gasteiger partial charge in [-0.15, -0.1) is 0 Å². The van der Waals surface area contributed by atoms with E-state index in [2.05, 4.69) is 0 Å². The summed E-state index contributed by atoms with van der Waals surface area (Å²) in [5, 5.41) is 18.8. The minimum atomic E-state index is -0.937. The lowest BCUT2D eigenvalue weighted by Crippen LogP contribution is -2.34. The third-order valence-electron chi connectivity index (χ3n) is 3.84. The van der Waals surface area contributed by atoms with E-state index < -0.39 is 6.10 Å². The van der Waals surface area contributed by atoms with Gasteiger partial charge in [0.05, 0.1) is 24.3 Å². The molecule has 3 atom stereocenters. The smallest absolute Gasteiger partial charge is 0.232 e. The quantitative estimate of drug-likeness (QED) is 0.839. The van der Waals surface area contributed by atoms with Crippen molar-refractivity contribution >= 4 is 11.8 Å². The van der Waals surface area contributed by atoms with Crippen LogP contribution in [-0.2, 0) is 9.59 Å². The zero-order valence-electron chi connectivity index (χ0n) is 11.4. The van der Waals surface area contributed by atoms with Crippen molar-refractivity contribution in [1.82, 2.24) is 4.90 Å². The number of rotatable bonds is 3. The van der Waals surface area contributed by atoms with Crippen LogP contribution in [0.3, 0.4) is 0 Å². The number of aliphatic hydroxyl groups is 1. The zero-order valence-corrected chi connectivity index (χ0v) is 11.4. The molecule has 1 aliphatic heterocycles. The molecule has 1 aliphatic rings. The molecule has 0 saturated carbocycles. The number of benzene rings is 1. The van der Waals surface area contributed by atoms with Crippen molar-refractivity contribution < 1.29 is 14.7 Å². The maximum Gasteiger partial charge on any atom is 0.232 e. The van der Waals surface area contributed by atoms with Crippen molar-refractivity contribution in [2.45, 2.75) is 20.0 Å². The van der Waals surface area contributed by atoms with Crippen LogP contribution in [0.25, 0.3) is 0 Å². The monoisotopic (exact) mass is 272 g/mol. The van der Waals surface area contributed by atoms with Crippen molar-refractivity contribution in [3.8, 4) is 6.07 Å². The number of β-amino-alcohol motifs (C(OH)–C–C–N with tert-alkyl or cyclic N) is 1. The van der Waals surface area contributed by atoms with Crippen LogP contribution < -0.4 is 0 Å². The number of aliphatic hydroxyl groups excluding tert-OH is 1. The zero-order chi connectivity index (χ0) is 14.9. The number of amides is 2. The maximum atomic E-state index is 11.9. The number of hydrogen-bond donors (Lipinski definition) is 1. The van der Waals surface area contributed by atoms with Gasteiger partial charge in [0.15, 0.2) is 0 Å². The number of carbonyl (C=O) groups excluding carboxylic acids is 2. The Labute approximate surface area is 117 Å². The molecule has 0 spiro atoms. The summed E-state index contributed by atoms with van der Waals surface area (Å²) in [7, 11) is 0. The van der Waals surface area contributed by atoms with Crippen molar-refractivity contribution in [3.63, 3.8) is 0 Å². The Balaban J connectivity index is 2.11. The minimum absolute atomic E-state index is 0.0434. The predicted molar refractivity (Wildman–Crippen MR) is 71.2 cm³/mol. The molecule has 2 rings (SSSR count). The Morgan fingerprint density at radius 3 is 2.15 bits per heavy atom. The molecule has 1 aromatic carbocycles. The van der Waals surface area contributed by atoms with Gasteiger partial charge in [-0.3, -0.25) is 14.5 Å². The van der Waals surface area contributed by atoms with Crippen LogP contribution in [0.1, 0.15) is 31.1 Å². The van der Waals surface area contributed by atoms with E-state index in [0.29, 0.717) is 11.1 Å². The highest BCUT2D eigenvalue weighted by molar-refractivity contribution is 6.04. The SMILES string of the molecule is CC1C(=O)N(CC(O)c2ccc(C#N)cc2)C(=O)C1C. The normalized spacial score (nSPS) is 23.8. The minimum Gasteiger partial charge on any atom is -0.387 e. The summed E-state index contributed by atoms with van der Waals surface area (Å²) >= 11 is 0. The van der Waals surface area contributed by atoms with Gasteiger partial charge in [0.2, 0.25) is 11.8 Å². The summed E-state index contributed by atoms with van der Waals surface area (Å²) in [6.45, 7) is 3.40. The summed E-state index contributed by atoms with van der Waals surface area (Å²) in [6.07, 6.45) is -0.937. The Morgan fingerprint density at radius 1 is 1.20 bits per heavy atom. The molecule has 5 nitrogen and oxygen atoms in total. The van der Waals surface area contributed by atoms with Crippen molar-refractivity contribution in [3.05, 3.63) is 35.4 Å². The van der Waals surface area contributed by atoms with E-state index in [-0.39, 0.29) is 30.2 Å². The lowest BCUT2D eigenvalue weighted by Gasteiger charge is -2.19. The summed E-state index contributed by atoms with van der Waals surface area (Å²) < 4.78 is 0. The van der Waals surface area contributed by atoms with Crippen LogP contribution in [0.4, 0.5) is 0 Å². The standard InChI is InChI=1S/C15H16N2O3/c1-9-10(2)15(20)17(14(9)19)8-13(18)12-5-3-11(7-16)4-6-12/h3-6,9-10,13,18H,8H2,1-2H3. The van der Waals surface area contributed by atoms with Gasteiger partial charge in [0.1, 0.15) is 0 Å². The molecule has 3 unspecified atom stereocenters. The van der Waals surface area contributed by atoms with Crippen LogP contribution in [0.5, 0.6) is 0 Å². The van der Waals surface area contributed by atoms with Crippen LogP contribution in [0, 0.1) is 23.2 Å². The molecule has 0 aliphatic carbocycles. The number of nitrogens with zero attached hydrogens (tertiary/aromatic N) is 2. The second kappa shape index (κ2) is 5.43. The first-order chi connectivity index (χ1) is 9.45. The van der Waals surface area contributed by atoms with Crippen molar-refractivity contribution in [2.75, 3.05) is 6.54 Å². The third kappa shape index (κ3) is 2.43. The molecule has 2 amide bonds. The first kappa shape index (κ1) is 14.2. The predicted octanol–water partition coefficient (Wildman–Crippen LogP) is 1.23. The Hall–Kier alpha value is -2.19. The fourth-order valence-electron chi connectivity index (χ4n) is 2.27. The highest BCUT2D eigenvalue weighted by atomic mass is 16.3. The van der Waals surface area contributed by atoms with Crippen LogP contribution in [0.2, 0.25) is 0 Å². The fourth-order valence-corrected chi connectivity index (χ4v) is 2.27. The van der Waals surface area contributed by atoms with Gasteiger partial charge < -0.3 is 5.11 Å². The van der Waals surface area contributed by atoms with Crippen molar-refractivity contribution in [1.29, 1.82) is 5.26 Å². The molecular weight excluding hydrogens is 256 g/mol. The van der Waals surface area contributed by atoms with E-state index >= 15 is 0 Å². The van der Waals surface area contributed by atoms with Crippen molar-refractivity contribution in [2.24, 2.45) is 11.8 Å². The molecule has 1 aromatic rings. The first-order valence-electron chi connectivity index (χ1n) is 6.49. The molecule has 1 saturated heterocycles. The Kier molecular flexibility index (Phi) is 3.86. The molecule has 0 aromatic heterocycles. The number of hydrogen-bond acceptors (Lipinski definition) is 4. The van der Waals surface area contributed by atoms with Gasteiger partial charge in [-0.1, -0.05) is 26.0 Å². The van der Waals surface area contributed by atoms with Crippen LogP contribution in [0.15, 0.2) is 24.3 Å². The lowest BCUT2D eigenvalue weighted by molar-refractivity contribution is -0.141. The second-order valence-electron chi connectivity index (χ2n) is 5.11. The van der Waals surface area contributed by atoms with E-state index in [9.17, 15) is 14.7 Å². The maximum absolute atomic E-state index is 11.9. The average molecular weight is 272 g/mol. The summed E-state index contributed by atoms with van der Waals surface area (Å²) in [6, 6.07) is 8.43. The summed E-state index contributed by atoms with van der Waals surface area (Å²) in [5.74, 6) is -1.16. The van der Waals surface area contributed by atoms with Gasteiger partial charge in [0.25, 0.3) is 0 Å². The number of likely N-dealkylation sites (tertiary alicyclic amines) is 1. The molecule has 20 heavy (non-hydrogen) atoms. The largest absolute Gasteiger partial charge is 0.387 e. The number of nitriles is 1. The van der Waals surface area contributed by atoms with Gasteiger partial charge in [-0.2, -0.15) is 5.26 Å². The van der Waals surface area contributed by atoms with Gasteiger partial charge in [0, 0.05) is 11.8 Å². The highest BCUT2D eigenvalue weighted by Gasteiger charge is 2.42. The van der Waals surface area contributed by atoms with E-state index in [1.54, 1.807) is 38.1 Å². The summed E-state index contributed by atoms with van der Waals surface area (Å²) in [4.78, 5) is 25.0. The van der Waals surface area contributed by atoms with E-state index in [1.807, 2.05) is 6.07 Å². The molecule has 5 heteroatoms. The third-order valence-corrected chi connectivity index (χ3v) is 3.84. The molecular formula is C15H16N2O3. The van der Waals surface area contributed by atoms with Crippen LogP contribution >= 0.6 is 0 Å². The molecule has 0 bridgehead atoms. The highest BCUT2D eigenvalue weighted by Crippen LogP contribution is 2.27. The number of imide groups is 1. The topological polar surface area (TPSA) is 81.4 Å². The Bertz CT molecular complexity index is 554. The van der Waals surface area contributed by atoms with Crippen LogP contribution in [-0.4, -0.2) is 28.4 Å². The van der Waals surface area contributed by atoms with E-state index in [4.69, 9.17) is 5.26 Å². The van der Waals surface area contributed by atoms with Gasteiger partial charge in [-0.25, -0.2) is 0 Å². The number of carbonyl (C=O) groups is 2. The molecule has 1 heterocycles. The van der Waals surface area contributed by atoms with E-state index in [1.165, 1.54) is 0 Å². The molecule has 104 valence electrons. The molecule has 1 N–H and O–H groups in total. The average Bonchev–Trinajstić information content (AvgIpc) is 2.65. The van der Waals surface area contributed by atoms with E-state index in [0.717, 1.165) is 4.90 Å². The van der Waals surface area contributed by atoms with Gasteiger partial charge >= 0.3 is 0 Å².